The van der Waals surface area contributed by atoms with E-state index in [2.05, 4.69) is 11.9 Å². The Balaban J connectivity index is 3.22. The van der Waals surface area contributed by atoms with Crippen LogP contribution in [0.1, 0.15) is 33.1 Å². The van der Waals surface area contributed by atoms with Crippen molar-refractivity contribution in [3.8, 4) is 0 Å². The third-order valence-electron chi connectivity index (χ3n) is 1.78. The third kappa shape index (κ3) is 9.53. The SMILES string of the molecule is C=C(C)C(=O)SCCCCCNC(C)=O. The average molecular weight is 229 g/mol. The molecule has 0 aliphatic rings. The molecule has 0 fully saturated rings. The quantitative estimate of drug-likeness (QED) is 0.537. The molecule has 0 rings (SSSR count). The van der Waals surface area contributed by atoms with Gasteiger partial charge in [-0.3, -0.25) is 9.59 Å². The summed E-state index contributed by atoms with van der Waals surface area (Å²) in [4.78, 5) is 21.7. The lowest BCUT2D eigenvalue weighted by Gasteiger charge is -2.02. The summed E-state index contributed by atoms with van der Waals surface area (Å²) in [5.41, 5.74) is 0.609. The minimum Gasteiger partial charge on any atom is -0.356 e. The zero-order valence-corrected chi connectivity index (χ0v) is 10.3. The molecule has 1 amide bonds. The first-order chi connectivity index (χ1) is 7.04. The van der Waals surface area contributed by atoms with Gasteiger partial charge in [0.05, 0.1) is 0 Å². The molecule has 0 bridgehead atoms. The lowest BCUT2D eigenvalue weighted by atomic mass is 10.2. The summed E-state index contributed by atoms with van der Waals surface area (Å²) in [6.07, 6.45) is 3.02. The van der Waals surface area contributed by atoms with Crippen LogP contribution in [0.2, 0.25) is 0 Å². The Morgan fingerprint density at radius 1 is 1.20 bits per heavy atom. The van der Waals surface area contributed by atoms with Crippen molar-refractivity contribution in [2.75, 3.05) is 12.3 Å². The van der Waals surface area contributed by atoms with Gasteiger partial charge in [-0.2, -0.15) is 0 Å². The Bertz CT molecular complexity index is 239. The molecule has 0 radical (unpaired) electrons. The summed E-state index contributed by atoms with van der Waals surface area (Å²) in [5, 5.41) is 2.82. The topological polar surface area (TPSA) is 46.2 Å². The van der Waals surface area contributed by atoms with Gasteiger partial charge in [0.15, 0.2) is 0 Å². The predicted molar refractivity (Wildman–Crippen MR) is 64.8 cm³/mol. The molecule has 0 aromatic rings. The highest BCUT2D eigenvalue weighted by molar-refractivity contribution is 8.14. The molecule has 86 valence electrons. The molecule has 0 heterocycles. The summed E-state index contributed by atoms with van der Waals surface area (Å²) in [6.45, 7) is 7.56. The van der Waals surface area contributed by atoms with Crippen LogP contribution in [0, 0.1) is 0 Å². The Labute approximate surface area is 95.7 Å². The Hall–Kier alpha value is -0.770. The van der Waals surface area contributed by atoms with Crippen molar-refractivity contribution < 1.29 is 9.59 Å². The number of rotatable bonds is 7. The van der Waals surface area contributed by atoms with Gasteiger partial charge in [-0.05, 0) is 25.3 Å². The molecule has 0 saturated heterocycles. The van der Waals surface area contributed by atoms with Crippen molar-refractivity contribution in [3.63, 3.8) is 0 Å². The molecule has 0 spiro atoms. The van der Waals surface area contributed by atoms with E-state index < -0.39 is 0 Å². The van der Waals surface area contributed by atoms with Crippen LogP contribution in [0.15, 0.2) is 12.2 Å². The number of carbonyl (C=O) groups is 2. The summed E-state index contributed by atoms with van der Waals surface area (Å²) in [6, 6.07) is 0. The Morgan fingerprint density at radius 3 is 2.40 bits per heavy atom. The number of carbonyl (C=O) groups excluding carboxylic acids is 2. The second kappa shape index (κ2) is 8.53. The standard InChI is InChI=1S/C11H19NO2S/c1-9(2)11(14)15-8-6-4-5-7-12-10(3)13/h1,4-8H2,2-3H3,(H,12,13). The highest BCUT2D eigenvalue weighted by Gasteiger charge is 2.01. The molecular formula is C11H19NO2S. The maximum atomic E-state index is 11.1. The third-order valence-corrected chi connectivity index (χ3v) is 2.88. The smallest absolute Gasteiger partial charge is 0.216 e. The number of thioether (sulfide) groups is 1. The number of hydrogen-bond donors (Lipinski definition) is 1. The Kier molecular flexibility index (Phi) is 8.09. The van der Waals surface area contributed by atoms with Gasteiger partial charge >= 0.3 is 0 Å². The fourth-order valence-electron chi connectivity index (χ4n) is 0.956. The van der Waals surface area contributed by atoms with Gasteiger partial charge in [0.1, 0.15) is 0 Å². The molecular weight excluding hydrogens is 210 g/mol. The molecule has 1 N–H and O–H groups in total. The van der Waals surface area contributed by atoms with Crippen LogP contribution >= 0.6 is 11.8 Å². The van der Waals surface area contributed by atoms with E-state index >= 15 is 0 Å². The van der Waals surface area contributed by atoms with Gasteiger partial charge in [-0.1, -0.05) is 24.8 Å². The highest BCUT2D eigenvalue weighted by atomic mass is 32.2. The van der Waals surface area contributed by atoms with Crippen LogP contribution in [-0.4, -0.2) is 23.3 Å². The largest absolute Gasteiger partial charge is 0.356 e. The minimum absolute atomic E-state index is 0.0156. The normalized spacial score (nSPS) is 9.73. The van der Waals surface area contributed by atoms with Crippen molar-refractivity contribution >= 4 is 22.8 Å². The molecule has 0 atom stereocenters. The zero-order valence-electron chi connectivity index (χ0n) is 9.47. The molecule has 3 nitrogen and oxygen atoms in total. The summed E-state index contributed by atoms with van der Waals surface area (Å²) in [7, 11) is 0. The second-order valence-corrected chi connectivity index (χ2v) is 4.53. The highest BCUT2D eigenvalue weighted by Crippen LogP contribution is 2.11. The average Bonchev–Trinajstić information content (AvgIpc) is 2.15. The number of nitrogens with one attached hydrogen (secondary N) is 1. The van der Waals surface area contributed by atoms with Crippen molar-refractivity contribution in [3.05, 3.63) is 12.2 Å². The van der Waals surface area contributed by atoms with Gasteiger partial charge in [-0.25, -0.2) is 0 Å². The van der Waals surface area contributed by atoms with E-state index in [0.29, 0.717) is 5.57 Å². The van der Waals surface area contributed by atoms with Crippen LogP contribution in [0.4, 0.5) is 0 Å². The van der Waals surface area contributed by atoms with E-state index in [9.17, 15) is 9.59 Å². The van der Waals surface area contributed by atoms with Crippen LogP contribution in [-0.2, 0) is 9.59 Å². The number of amides is 1. The molecule has 0 unspecified atom stereocenters. The van der Waals surface area contributed by atoms with Gasteiger partial charge in [0, 0.05) is 19.2 Å². The van der Waals surface area contributed by atoms with E-state index in [0.717, 1.165) is 31.6 Å². The summed E-state index contributed by atoms with van der Waals surface area (Å²) < 4.78 is 0. The lowest BCUT2D eigenvalue weighted by Crippen LogP contribution is -2.20. The summed E-state index contributed by atoms with van der Waals surface area (Å²) >= 11 is 1.32. The van der Waals surface area contributed by atoms with Crippen LogP contribution < -0.4 is 5.32 Å². The Morgan fingerprint density at radius 2 is 1.87 bits per heavy atom. The molecule has 0 aliphatic carbocycles. The van der Waals surface area contributed by atoms with Crippen molar-refractivity contribution in [2.45, 2.75) is 33.1 Å². The zero-order chi connectivity index (χ0) is 11.7. The number of hydrogen-bond acceptors (Lipinski definition) is 3. The summed E-state index contributed by atoms with van der Waals surface area (Å²) in [5.74, 6) is 0.855. The van der Waals surface area contributed by atoms with Crippen LogP contribution in [0.3, 0.4) is 0 Å². The van der Waals surface area contributed by atoms with E-state index in [1.54, 1.807) is 6.92 Å². The minimum atomic E-state index is 0.0156. The maximum Gasteiger partial charge on any atom is 0.216 e. The van der Waals surface area contributed by atoms with E-state index in [4.69, 9.17) is 0 Å². The van der Waals surface area contributed by atoms with Crippen LogP contribution in [0.25, 0.3) is 0 Å². The van der Waals surface area contributed by atoms with Gasteiger partial charge in [0.2, 0.25) is 11.0 Å². The van der Waals surface area contributed by atoms with Crippen molar-refractivity contribution in [1.29, 1.82) is 0 Å². The fourth-order valence-corrected chi connectivity index (χ4v) is 1.74. The molecule has 15 heavy (non-hydrogen) atoms. The first kappa shape index (κ1) is 14.2. The maximum absolute atomic E-state index is 11.1. The van der Waals surface area contributed by atoms with Crippen molar-refractivity contribution in [2.24, 2.45) is 0 Å². The monoisotopic (exact) mass is 229 g/mol. The molecule has 0 aromatic carbocycles. The van der Waals surface area contributed by atoms with Crippen molar-refractivity contribution in [1.82, 2.24) is 5.32 Å². The van der Waals surface area contributed by atoms with E-state index in [1.165, 1.54) is 18.7 Å². The van der Waals surface area contributed by atoms with Crippen LogP contribution in [0.5, 0.6) is 0 Å². The first-order valence-corrected chi connectivity index (χ1v) is 6.09. The van der Waals surface area contributed by atoms with E-state index in [1.807, 2.05) is 0 Å². The molecule has 0 aromatic heterocycles. The first-order valence-electron chi connectivity index (χ1n) is 5.11. The molecule has 0 aliphatic heterocycles. The molecule has 4 heteroatoms. The van der Waals surface area contributed by atoms with Gasteiger partial charge in [0.25, 0.3) is 0 Å². The lowest BCUT2D eigenvalue weighted by molar-refractivity contribution is -0.119. The number of unbranched alkanes of at least 4 members (excludes halogenated alkanes) is 2. The molecule has 0 saturated carbocycles. The second-order valence-electron chi connectivity index (χ2n) is 3.46. The predicted octanol–water partition coefficient (Wildman–Crippen LogP) is 2.13. The van der Waals surface area contributed by atoms with E-state index in [-0.39, 0.29) is 11.0 Å². The fraction of sp³-hybridized carbons (Fsp3) is 0.636. The van der Waals surface area contributed by atoms with Gasteiger partial charge in [-0.15, -0.1) is 0 Å². The van der Waals surface area contributed by atoms with Gasteiger partial charge < -0.3 is 5.32 Å².